The Morgan fingerprint density at radius 1 is 1.47 bits per heavy atom. The van der Waals surface area contributed by atoms with Crippen LogP contribution in [0.2, 0.25) is 0 Å². The minimum Gasteiger partial charge on any atom is -0.335 e. The molecule has 0 fully saturated rings. The van der Waals surface area contributed by atoms with Crippen molar-refractivity contribution in [3.05, 3.63) is 28.6 Å². The smallest absolute Gasteiger partial charge is 0.328 e. The first kappa shape index (κ1) is 14.8. The van der Waals surface area contributed by atoms with E-state index in [4.69, 9.17) is 0 Å². The van der Waals surface area contributed by atoms with Crippen LogP contribution in [0, 0.1) is 10.1 Å². The summed E-state index contributed by atoms with van der Waals surface area (Å²) in [5.74, 6) is 0. The van der Waals surface area contributed by atoms with Crippen molar-refractivity contribution in [2.24, 2.45) is 0 Å². The summed E-state index contributed by atoms with van der Waals surface area (Å²) in [5, 5.41) is 13.0. The van der Waals surface area contributed by atoms with Crippen molar-refractivity contribution in [2.75, 3.05) is 0 Å². The van der Waals surface area contributed by atoms with Gasteiger partial charge in [0.15, 0.2) is 4.90 Å². The van der Waals surface area contributed by atoms with Crippen LogP contribution in [0.1, 0.15) is 13.8 Å². The number of nitrogens with one attached hydrogen (secondary N) is 2. The fourth-order valence-corrected chi connectivity index (χ4v) is 2.23. The molecular weight excluding hydrogens is 276 g/mol. The molecule has 9 nitrogen and oxygen atoms in total. The average molecular weight is 288 g/mol. The van der Waals surface area contributed by atoms with E-state index in [1.54, 1.807) is 18.6 Å². The molecular formula is C9H12N4O5S. The Bertz CT molecular complexity index is 598. The lowest BCUT2D eigenvalue weighted by atomic mass is 10.4. The van der Waals surface area contributed by atoms with Crippen LogP contribution in [0.3, 0.4) is 0 Å². The van der Waals surface area contributed by atoms with Gasteiger partial charge in [0.05, 0.1) is 11.1 Å². The third-order valence-corrected chi connectivity index (χ3v) is 3.24. The van der Waals surface area contributed by atoms with E-state index in [1.165, 1.54) is 0 Å². The summed E-state index contributed by atoms with van der Waals surface area (Å²) in [6.07, 6.45) is 1.90. The van der Waals surface area contributed by atoms with Gasteiger partial charge in [-0.1, -0.05) is 0 Å². The molecule has 2 amide bonds. The number of pyridine rings is 1. The third-order valence-electron chi connectivity index (χ3n) is 1.90. The second kappa shape index (κ2) is 5.61. The van der Waals surface area contributed by atoms with E-state index in [-0.39, 0.29) is 6.04 Å². The summed E-state index contributed by atoms with van der Waals surface area (Å²) in [4.78, 5) is 24.0. The molecule has 1 aromatic rings. The molecule has 1 heterocycles. The second-order valence-electron chi connectivity index (χ2n) is 3.83. The summed E-state index contributed by atoms with van der Waals surface area (Å²) in [7, 11) is -4.35. The Morgan fingerprint density at radius 2 is 2.11 bits per heavy atom. The van der Waals surface area contributed by atoms with Crippen LogP contribution in [0.5, 0.6) is 0 Å². The Labute approximate surface area is 109 Å². The zero-order chi connectivity index (χ0) is 14.6. The topological polar surface area (TPSA) is 131 Å². The first-order chi connectivity index (χ1) is 8.74. The van der Waals surface area contributed by atoms with E-state index in [0.717, 1.165) is 18.5 Å². The highest BCUT2D eigenvalue weighted by Gasteiger charge is 2.27. The molecule has 0 bridgehead atoms. The van der Waals surface area contributed by atoms with Gasteiger partial charge in [-0.3, -0.25) is 15.1 Å². The predicted octanol–water partition coefficient (Wildman–Crippen LogP) is 0.386. The van der Waals surface area contributed by atoms with Gasteiger partial charge in [-0.25, -0.2) is 17.9 Å². The molecule has 0 atom stereocenters. The zero-order valence-corrected chi connectivity index (χ0v) is 11.0. The number of carbonyl (C=O) groups is 1. The SMILES string of the molecule is CC(C)NC(=O)NS(=O)(=O)c1cnccc1[N+](=O)[O-]. The summed E-state index contributed by atoms with van der Waals surface area (Å²) < 4.78 is 25.3. The number of hydrogen-bond acceptors (Lipinski definition) is 6. The molecule has 0 saturated heterocycles. The van der Waals surface area contributed by atoms with Gasteiger partial charge in [-0.15, -0.1) is 0 Å². The molecule has 0 spiro atoms. The fourth-order valence-electron chi connectivity index (χ4n) is 1.20. The summed E-state index contributed by atoms with van der Waals surface area (Å²) in [6, 6.07) is -0.304. The number of amides is 2. The van der Waals surface area contributed by atoms with E-state index < -0.39 is 31.6 Å². The Hall–Kier alpha value is -2.23. The van der Waals surface area contributed by atoms with E-state index in [9.17, 15) is 23.3 Å². The zero-order valence-electron chi connectivity index (χ0n) is 10.2. The molecule has 0 aliphatic heterocycles. The van der Waals surface area contributed by atoms with Crippen LogP contribution in [0.25, 0.3) is 0 Å². The van der Waals surface area contributed by atoms with Gasteiger partial charge >= 0.3 is 6.03 Å². The number of aromatic nitrogens is 1. The predicted molar refractivity (Wildman–Crippen MR) is 64.9 cm³/mol. The first-order valence-electron chi connectivity index (χ1n) is 5.15. The minimum absolute atomic E-state index is 0.279. The van der Waals surface area contributed by atoms with Gasteiger partial charge in [-0.05, 0) is 13.8 Å². The first-order valence-corrected chi connectivity index (χ1v) is 6.64. The Morgan fingerprint density at radius 3 is 2.63 bits per heavy atom. The van der Waals surface area contributed by atoms with Gasteiger partial charge < -0.3 is 5.32 Å². The van der Waals surface area contributed by atoms with Crippen LogP contribution in [-0.4, -0.2) is 30.4 Å². The second-order valence-corrected chi connectivity index (χ2v) is 5.48. The standard InChI is InChI=1S/C9H12N4O5S/c1-6(2)11-9(14)12-19(17,18)8-5-10-4-3-7(8)13(15)16/h3-6H,1-2H3,(H2,11,12,14). The number of carbonyl (C=O) groups excluding carboxylic acids is 1. The maximum absolute atomic E-state index is 11.8. The van der Waals surface area contributed by atoms with Crippen molar-refractivity contribution in [1.82, 2.24) is 15.0 Å². The van der Waals surface area contributed by atoms with E-state index in [2.05, 4.69) is 10.3 Å². The molecule has 0 aromatic carbocycles. The average Bonchev–Trinajstić information content (AvgIpc) is 2.26. The lowest BCUT2D eigenvalue weighted by Crippen LogP contribution is -2.42. The van der Waals surface area contributed by atoms with E-state index >= 15 is 0 Å². The lowest BCUT2D eigenvalue weighted by molar-refractivity contribution is -0.387. The largest absolute Gasteiger partial charge is 0.335 e. The minimum atomic E-state index is -4.35. The Kier molecular flexibility index (Phi) is 4.38. The molecule has 0 radical (unpaired) electrons. The van der Waals surface area contributed by atoms with Gasteiger partial charge in [0.1, 0.15) is 0 Å². The van der Waals surface area contributed by atoms with Crippen LogP contribution in [0.15, 0.2) is 23.4 Å². The van der Waals surface area contributed by atoms with Gasteiger partial charge in [0, 0.05) is 18.3 Å². The van der Waals surface area contributed by atoms with Crippen molar-refractivity contribution >= 4 is 21.7 Å². The van der Waals surface area contributed by atoms with E-state index in [1.807, 2.05) is 0 Å². The number of nitrogens with zero attached hydrogens (tertiary/aromatic N) is 2. The normalized spacial score (nSPS) is 11.1. The highest BCUT2D eigenvalue weighted by molar-refractivity contribution is 7.90. The van der Waals surface area contributed by atoms with Crippen molar-refractivity contribution in [2.45, 2.75) is 24.8 Å². The Balaban J connectivity index is 3.08. The number of sulfonamides is 1. The highest BCUT2D eigenvalue weighted by atomic mass is 32.2. The lowest BCUT2D eigenvalue weighted by Gasteiger charge is -2.10. The van der Waals surface area contributed by atoms with Crippen LogP contribution < -0.4 is 10.0 Å². The molecule has 2 N–H and O–H groups in total. The summed E-state index contributed by atoms with van der Waals surface area (Å²) in [6.45, 7) is 3.28. The molecule has 10 heteroatoms. The van der Waals surface area contributed by atoms with Gasteiger partial charge in [-0.2, -0.15) is 0 Å². The summed E-state index contributed by atoms with van der Waals surface area (Å²) >= 11 is 0. The number of nitro groups is 1. The van der Waals surface area contributed by atoms with Crippen molar-refractivity contribution in [1.29, 1.82) is 0 Å². The molecule has 0 aliphatic carbocycles. The van der Waals surface area contributed by atoms with Crippen molar-refractivity contribution in [3.63, 3.8) is 0 Å². The highest BCUT2D eigenvalue weighted by Crippen LogP contribution is 2.21. The van der Waals surface area contributed by atoms with Crippen molar-refractivity contribution < 1.29 is 18.1 Å². The molecule has 1 rings (SSSR count). The monoisotopic (exact) mass is 288 g/mol. The fraction of sp³-hybridized carbons (Fsp3) is 0.333. The van der Waals surface area contributed by atoms with Crippen LogP contribution in [-0.2, 0) is 10.0 Å². The van der Waals surface area contributed by atoms with Crippen LogP contribution >= 0.6 is 0 Å². The molecule has 104 valence electrons. The number of rotatable bonds is 4. The maximum Gasteiger partial charge on any atom is 0.328 e. The van der Waals surface area contributed by atoms with Crippen molar-refractivity contribution in [3.8, 4) is 0 Å². The summed E-state index contributed by atoms with van der Waals surface area (Å²) in [5.41, 5.74) is -0.653. The van der Waals surface area contributed by atoms with E-state index in [0.29, 0.717) is 0 Å². The number of hydrogen-bond donors (Lipinski definition) is 2. The van der Waals surface area contributed by atoms with Gasteiger partial charge in [0.25, 0.3) is 15.7 Å². The molecule has 19 heavy (non-hydrogen) atoms. The molecule has 0 unspecified atom stereocenters. The van der Waals surface area contributed by atoms with Gasteiger partial charge in [0.2, 0.25) is 0 Å². The maximum atomic E-state index is 11.8. The number of urea groups is 1. The van der Waals surface area contributed by atoms with Crippen LogP contribution in [0.4, 0.5) is 10.5 Å². The molecule has 1 aromatic heterocycles. The quantitative estimate of drug-likeness (QED) is 0.608. The molecule has 0 aliphatic rings. The molecule has 0 saturated carbocycles. The third kappa shape index (κ3) is 3.88.